The first-order chi connectivity index (χ1) is 11.5. The molecule has 0 saturated heterocycles. The lowest BCUT2D eigenvalue weighted by Gasteiger charge is -2.28. The van der Waals surface area contributed by atoms with Gasteiger partial charge in [0.2, 0.25) is 0 Å². The van der Waals surface area contributed by atoms with Crippen LogP contribution in [-0.4, -0.2) is 29.2 Å². The van der Waals surface area contributed by atoms with E-state index >= 15 is 0 Å². The van der Waals surface area contributed by atoms with E-state index in [1.807, 2.05) is 18.2 Å². The molecule has 1 aromatic carbocycles. The summed E-state index contributed by atoms with van der Waals surface area (Å²) in [6.45, 7) is 6.32. The third-order valence-corrected chi connectivity index (χ3v) is 3.54. The molecule has 0 bridgehead atoms. The van der Waals surface area contributed by atoms with Crippen molar-refractivity contribution >= 4 is 11.7 Å². The van der Waals surface area contributed by atoms with E-state index in [4.69, 9.17) is 16.3 Å². The number of aryl methyl sites for hydroxylation is 1. The molecule has 0 fully saturated rings. The Balaban J connectivity index is 0.000000891. The monoisotopic (exact) mass is 335 g/mol. The van der Waals surface area contributed by atoms with Gasteiger partial charge in [-0.1, -0.05) is 38.5 Å². The number of hydrogen-bond donors (Lipinski definition) is 3. The first-order valence-electron chi connectivity index (χ1n) is 8.37. The zero-order valence-electron chi connectivity index (χ0n) is 14.8. The molecule has 1 aromatic rings. The van der Waals surface area contributed by atoms with Gasteiger partial charge in [-0.25, -0.2) is 5.84 Å². The van der Waals surface area contributed by atoms with Gasteiger partial charge >= 0.3 is 5.97 Å². The van der Waals surface area contributed by atoms with E-state index in [1.54, 1.807) is 6.92 Å². The Labute approximate surface area is 144 Å². The van der Waals surface area contributed by atoms with Crippen LogP contribution in [0.2, 0.25) is 0 Å². The molecule has 0 radical (unpaired) electrons. The van der Waals surface area contributed by atoms with Crippen LogP contribution in [0, 0.1) is 0 Å². The van der Waals surface area contributed by atoms with Crippen molar-refractivity contribution in [3.63, 3.8) is 0 Å². The average molecular weight is 335 g/mol. The van der Waals surface area contributed by atoms with E-state index in [0.717, 1.165) is 28.8 Å². The molecule has 0 amide bonds. The standard InChI is InChI=1S/C15H21N3O3.C3H8/c1-2-21-14(20)8-18(17)13-6-4-11-7-10(9-19)3-5-12(11)15(13)16;1-3-2/h3,5,7,19H,2,4,6,8-9,16-17H2,1H3;3H2,1-2H3. The topological polar surface area (TPSA) is 102 Å². The van der Waals surface area contributed by atoms with Crippen LogP contribution in [0.3, 0.4) is 0 Å². The lowest BCUT2D eigenvalue weighted by Crippen LogP contribution is -2.38. The maximum absolute atomic E-state index is 11.5. The van der Waals surface area contributed by atoms with E-state index < -0.39 is 0 Å². The molecule has 6 nitrogen and oxygen atoms in total. The quantitative estimate of drug-likeness (QED) is 0.431. The van der Waals surface area contributed by atoms with E-state index in [2.05, 4.69) is 13.8 Å². The third-order valence-electron chi connectivity index (χ3n) is 3.54. The lowest BCUT2D eigenvalue weighted by atomic mass is 9.91. The normalized spacial score (nSPS) is 12.9. The smallest absolute Gasteiger partial charge is 0.327 e. The Hall–Kier alpha value is -2.05. The van der Waals surface area contributed by atoms with Gasteiger partial charge in [0.25, 0.3) is 0 Å². The van der Waals surface area contributed by atoms with Crippen LogP contribution in [0.15, 0.2) is 23.9 Å². The van der Waals surface area contributed by atoms with Gasteiger partial charge in [-0.15, -0.1) is 0 Å². The predicted molar refractivity (Wildman–Crippen MR) is 95.3 cm³/mol. The van der Waals surface area contributed by atoms with Gasteiger partial charge in [-0.3, -0.25) is 4.79 Å². The summed E-state index contributed by atoms with van der Waals surface area (Å²) in [5.41, 5.74) is 10.4. The number of hydrogen-bond acceptors (Lipinski definition) is 6. The summed E-state index contributed by atoms with van der Waals surface area (Å²) in [7, 11) is 0. The lowest BCUT2D eigenvalue weighted by molar-refractivity contribution is -0.144. The number of rotatable bonds is 5. The molecule has 1 aliphatic carbocycles. The minimum atomic E-state index is -0.373. The minimum absolute atomic E-state index is 0.00955. The number of aliphatic hydroxyl groups excluding tert-OH is 1. The van der Waals surface area contributed by atoms with Gasteiger partial charge in [0.1, 0.15) is 6.54 Å². The van der Waals surface area contributed by atoms with Crippen molar-refractivity contribution in [3.05, 3.63) is 40.6 Å². The third kappa shape index (κ3) is 5.25. The zero-order chi connectivity index (χ0) is 18.1. The Morgan fingerprint density at radius 3 is 2.54 bits per heavy atom. The molecule has 0 aliphatic heterocycles. The zero-order valence-corrected chi connectivity index (χ0v) is 14.8. The second-order valence-corrected chi connectivity index (χ2v) is 5.65. The van der Waals surface area contributed by atoms with Crippen molar-refractivity contribution in [2.24, 2.45) is 11.6 Å². The maximum atomic E-state index is 11.5. The molecule has 2 rings (SSSR count). The molecule has 0 unspecified atom stereocenters. The fourth-order valence-corrected chi connectivity index (χ4v) is 2.50. The van der Waals surface area contributed by atoms with Crippen molar-refractivity contribution in [2.75, 3.05) is 13.2 Å². The van der Waals surface area contributed by atoms with Crippen molar-refractivity contribution in [1.29, 1.82) is 0 Å². The molecule has 5 N–H and O–H groups in total. The number of esters is 1. The summed E-state index contributed by atoms with van der Waals surface area (Å²) in [6.07, 6.45) is 2.68. The van der Waals surface area contributed by atoms with Crippen molar-refractivity contribution in [3.8, 4) is 0 Å². The van der Waals surface area contributed by atoms with E-state index in [-0.39, 0.29) is 19.1 Å². The number of benzene rings is 1. The summed E-state index contributed by atoms with van der Waals surface area (Å²) >= 11 is 0. The molecule has 1 aliphatic rings. The number of aliphatic hydroxyl groups is 1. The average Bonchev–Trinajstić information content (AvgIpc) is 2.55. The fraction of sp³-hybridized carbons (Fsp3) is 0.500. The highest BCUT2D eigenvalue weighted by molar-refractivity contribution is 5.74. The Kier molecular flexibility index (Phi) is 8.29. The molecule has 0 atom stereocenters. The minimum Gasteiger partial charge on any atom is -0.465 e. The molecule has 0 aromatic heterocycles. The first-order valence-corrected chi connectivity index (χ1v) is 8.37. The molecule has 134 valence electrons. The summed E-state index contributed by atoms with van der Waals surface area (Å²) in [6, 6.07) is 5.67. The number of allylic oxidation sites excluding steroid dienone is 1. The Bertz CT molecular complexity index is 585. The van der Waals surface area contributed by atoms with Gasteiger partial charge in [0.05, 0.1) is 24.6 Å². The van der Waals surface area contributed by atoms with Crippen LogP contribution in [0.5, 0.6) is 0 Å². The van der Waals surface area contributed by atoms with Crippen LogP contribution in [-0.2, 0) is 22.6 Å². The highest BCUT2D eigenvalue weighted by Crippen LogP contribution is 2.29. The summed E-state index contributed by atoms with van der Waals surface area (Å²) < 4.78 is 4.89. The highest BCUT2D eigenvalue weighted by atomic mass is 16.5. The fourth-order valence-electron chi connectivity index (χ4n) is 2.50. The number of carbonyl (C=O) groups is 1. The van der Waals surface area contributed by atoms with Gasteiger partial charge < -0.3 is 20.6 Å². The number of fused-ring (bicyclic) bond motifs is 1. The maximum Gasteiger partial charge on any atom is 0.327 e. The highest BCUT2D eigenvalue weighted by Gasteiger charge is 2.21. The summed E-state index contributed by atoms with van der Waals surface area (Å²) in [5, 5.41) is 10.5. The van der Waals surface area contributed by atoms with Gasteiger partial charge in [-0.2, -0.15) is 0 Å². The van der Waals surface area contributed by atoms with Crippen LogP contribution in [0.1, 0.15) is 50.3 Å². The van der Waals surface area contributed by atoms with Crippen LogP contribution in [0.25, 0.3) is 5.70 Å². The van der Waals surface area contributed by atoms with Crippen molar-refractivity contribution < 1.29 is 14.6 Å². The summed E-state index contributed by atoms with van der Waals surface area (Å²) in [4.78, 5) is 11.5. The Morgan fingerprint density at radius 1 is 1.29 bits per heavy atom. The molecule has 24 heavy (non-hydrogen) atoms. The molecule has 6 heteroatoms. The number of hydrazine groups is 1. The number of ether oxygens (including phenoxy) is 1. The van der Waals surface area contributed by atoms with Gasteiger partial charge in [0.15, 0.2) is 0 Å². The SMILES string of the molecule is CCC.CCOC(=O)CN(N)C1=C(N)c2ccc(CO)cc2CC1. The number of nitrogens with zero attached hydrogens (tertiary/aromatic N) is 1. The van der Waals surface area contributed by atoms with E-state index in [1.165, 1.54) is 11.4 Å². The van der Waals surface area contributed by atoms with Gasteiger partial charge in [0, 0.05) is 5.56 Å². The second kappa shape index (κ2) is 9.95. The van der Waals surface area contributed by atoms with Crippen LogP contribution < -0.4 is 11.6 Å². The van der Waals surface area contributed by atoms with Crippen LogP contribution >= 0.6 is 0 Å². The van der Waals surface area contributed by atoms with Gasteiger partial charge in [-0.05, 0) is 30.9 Å². The molecule has 0 spiro atoms. The number of nitrogens with two attached hydrogens (primary N) is 2. The number of carbonyl (C=O) groups excluding carboxylic acids is 1. The predicted octanol–water partition coefficient (Wildman–Crippen LogP) is 1.91. The Morgan fingerprint density at radius 2 is 1.96 bits per heavy atom. The van der Waals surface area contributed by atoms with Crippen molar-refractivity contribution in [1.82, 2.24) is 5.01 Å². The summed E-state index contributed by atoms with van der Waals surface area (Å²) in [5.74, 6) is 5.56. The first kappa shape index (κ1) is 20.0. The molecule has 0 saturated carbocycles. The largest absolute Gasteiger partial charge is 0.465 e. The van der Waals surface area contributed by atoms with Crippen molar-refractivity contribution in [2.45, 2.75) is 46.6 Å². The second-order valence-electron chi connectivity index (χ2n) is 5.65. The van der Waals surface area contributed by atoms with Crippen LogP contribution in [0.4, 0.5) is 0 Å². The van der Waals surface area contributed by atoms with E-state index in [9.17, 15) is 9.90 Å². The molecular weight excluding hydrogens is 306 g/mol. The van der Waals surface area contributed by atoms with E-state index in [0.29, 0.717) is 18.7 Å². The molecule has 0 heterocycles. The molecular formula is C18H29N3O3.